The Hall–Kier alpha value is -3.08. The molecule has 1 atom stereocenters. The summed E-state index contributed by atoms with van der Waals surface area (Å²) in [7, 11) is 1.66. The number of nitrogens with zero attached hydrogens (tertiary/aromatic N) is 2. The molecule has 1 aromatic heterocycles. The SMILES string of the molecule is COc1ccc(C)cc1Nc1cc(NC(C)c2ccccc2)nc(C)n1. The zero-order valence-electron chi connectivity index (χ0n) is 15.6. The lowest BCUT2D eigenvalue weighted by Crippen LogP contribution is -2.09. The minimum absolute atomic E-state index is 0.145. The average molecular weight is 348 g/mol. The van der Waals surface area contributed by atoms with Crippen LogP contribution < -0.4 is 15.4 Å². The molecule has 5 heteroatoms. The van der Waals surface area contributed by atoms with E-state index in [1.165, 1.54) is 5.56 Å². The maximum Gasteiger partial charge on any atom is 0.142 e. The van der Waals surface area contributed by atoms with E-state index in [4.69, 9.17) is 4.74 Å². The van der Waals surface area contributed by atoms with Crippen molar-refractivity contribution in [2.75, 3.05) is 17.7 Å². The standard InChI is InChI=1S/C21H24N4O/c1-14-10-11-19(26-4)18(12-14)25-21-13-20(23-16(3)24-21)22-15(2)17-8-6-5-7-9-17/h5-13,15H,1-4H3,(H2,22,23,24,25). The van der Waals surface area contributed by atoms with Crippen LogP contribution in [0.4, 0.5) is 17.3 Å². The molecular weight excluding hydrogens is 324 g/mol. The van der Waals surface area contributed by atoms with Gasteiger partial charge in [0, 0.05) is 12.1 Å². The van der Waals surface area contributed by atoms with Crippen LogP contribution in [0, 0.1) is 13.8 Å². The first kappa shape index (κ1) is 17.7. The highest BCUT2D eigenvalue weighted by Gasteiger charge is 2.10. The second kappa shape index (κ2) is 7.87. The van der Waals surface area contributed by atoms with Crippen LogP contribution in [0.15, 0.2) is 54.6 Å². The van der Waals surface area contributed by atoms with E-state index in [9.17, 15) is 0 Å². The molecule has 0 saturated carbocycles. The molecule has 0 aliphatic heterocycles. The summed E-state index contributed by atoms with van der Waals surface area (Å²) in [4.78, 5) is 9.00. The smallest absolute Gasteiger partial charge is 0.142 e. The Kier molecular flexibility index (Phi) is 5.37. The van der Waals surface area contributed by atoms with E-state index in [0.29, 0.717) is 5.82 Å². The Morgan fingerprint density at radius 1 is 0.923 bits per heavy atom. The molecule has 0 saturated heterocycles. The Labute approximate surface area is 154 Å². The van der Waals surface area contributed by atoms with E-state index in [1.54, 1.807) is 7.11 Å². The zero-order chi connectivity index (χ0) is 18.5. The highest BCUT2D eigenvalue weighted by atomic mass is 16.5. The van der Waals surface area contributed by atoms with Gasteiger partial charge in [0.25, 0.3) is 0 Å². The van der Waals surface area contributed by atoms with Crippen LogP contribution in [-0.2, 0) is 0 Å². The van der Waals surface area contributed by atoms with Gasteiger partial charge in [-0.3, -0.25) is 0 Å². The molecule has 3 aromatic rings. The second-order valence-electron chi connectivity index (χ2n) is 6.29. The number of aryl methyl sites for hydroxylation is 2. The molecule has 0 aliphatic rings. The van der Waals surface area contributed by atoms with Gasteiger partial charge >= 0.3 is 0 Å². The number of hydrogen-bond donors (Lipinski definition) is 2. The molecule has 2 aromatic carbocycles. The van der Waals surface area contributed by atoms with Gasteiger partial charge in [-0.1, -0.05) is 36.4 Å². The Bertz CT molecular complexity index is 880. The van der Waals surface area contributed by atoms with Gasteiger partial charge < -0.3 is 15.4 Å². The van der Waals surface area contributed by atoms with Crippen molar-refractivity contribution in [2.24, 2.45) is 0 Å². The minimum Gasteiger partial charge on any atom is -0.495 e. The third-order valence-electron chi connectivity index (χ3n) is 4.12. The van der Waals surface area contributed by atoms with E-state index < -0.39 is 0 Å². The molecule has 0 fully saturated rings. The average Bonchev–Trinajstić information content (AvgIpc) is 2.62. The lowest BCUT2D eigenvalue weighted by Gasteiger charge is -2.17. The first-order valence-electron chi connectivity index (χ1n) is 8.64. The molecule has 0 amide bonds. The van der Waals surface area contributed by atoms with Crippen molar-refractivity contribution in [1.82, 2.24) is 9.97 Å². The van der Waals surface area contributed by atoms with Gasteiger partial charge in [-0.25, -0.2) is 9.97 Å². The first-order chi connectivity index (χ1) is 12.5. The van der Waals surface area contributed by atoms with Crippen molar-refractivity contribution in [3.8, 4) is 5.75 Å². The van der Waals surface area contributed by atoms with Gasteiger partial charge in [0.2, 0.25) is 0 Å². The summed E-state index contributed by atoms with van der Waals surface area (Å²) >= 11 is 0. The summed E-state index contributed by atoms with van der Waals surface area (Å²) < 4.78 is 5.43. The molecule has 0 aliphatic carbocycles. The minimum atomic E-state index is 0.145. The van der Waals surface area contributed by atoms with E-state index in [-0.39, 0.29) is 6.04 Å². The third-order valence-corrected chi connectivity index (χ3v) is 4.12. The van der Waals surface area contributed by atoms with Crippen LogP contribution in [0.1, 0.15) is 29.9 Å². The molecule has 5 nitrogen and oxygen atoms in total. The maximum atomic E-state index is 5.43. The quantitative estimate of drug-likeness (QED) is 0.655. The normalized spacial score (nSPS) is 11.7. The molecule has 0 spiro atoms. The number of benzene rings is 2. The van der Waals surface area contributed by atoms with Crippen molar-refractivity contribution in [3.63, 3.8) is 0 Å². The fourth-order valence-electron chi connectivity index (χ4n) is 2.81. The third kappa shape index (κ3) is 4.30. The van der Waals surface area contributed by atoms with Crippen molar-refractivity contribution in [3.05, 3.63) is 71.5 Å². The summed E-state index contributed by atoms with van der Waals surface area (Å²) in [6.07, 6.45) is 0. The molecule has 2 N–H and O–H groups in total. The van der Waals surface area contributed by atoms with Crippen LogP contribution >= 0.6 is 0 Å². The highest BCUT2D eigenvalue weighted by Crippen LogP contribution is 2.29. The van der Waals surface area contributed by atoms with Gasteiger partial charge in [-0.15, -0.1) is 0 Å². The number of nitrogens with one attached hydrogen (secondary N) is 2. The topological polar surface area (TPSA) is 59.1 Å². The Morgan fingerprint density at radius 3 is 2.38 bits per heavy atom. The summed E-state index contributed by atoms with van der Waals surface area (Å²) in [6.45, 7) is 6.05. The first-order valence-corrected chi connectivity index (χ1v) is 8.64. The van der Waals surface area contributed by atoms with E-state index >= 15 is 0 Å². The van der Waals surface area contributed by atoms with E-state index in [0.717, 1.165) is 28.6 Å². The second-order valence-corrected chi connectivity index (χ2v) is 6.29. The number of aromatic nitrogens is 2. The molecule has 1 unspecified atom stereocenters. The summed E-state index contributed by atoms with van der Waals surface area (Å²) in [6, 6.07) is 18.3. The molecule has 134 valence electrons. The van der Waals surface area contributed by atoms with Gasteiger partial charge in [0.1, 0.15) is 23.2 Å². The molecule has 0 bridgehead atoms. The number of hydrogen-bond acceptors (Lipinski definition) is 5. The number of anilines is 3. The van der Waals surface area contributed by atoms with Crippen LogP contribution in [0.2, 0.25) is 0 Å². The maximum absolute atomic E-state index is 5.43. The van der Waals surface area contributed by atoms with Crippen molar-refractivity contribution in [1.29, 1.82) is 0 Å². The Balaban J connectivity index is 1.83. The summed E-state index contributed by atoms with van der Waals surface area (Å²) in [5, 5.41) is 6.79. The number of rotatable bonds is 6. The predicted octanol–water partition coefficient (Wildman–Crippen LogP) is 5.02. The van der Waals surface area contributed by atoms with Crippen LogP contribution in [0.5, 0.6) is 5.75 Å². The molecule has 1 heterocycles. The monoisotopic (exact) mass is 348 g/mol. The fourth-order valence-corrected chi connectivity index (χ4v) is 2.81. The van der Waals surface area contributed by atoms with Gasteiger partial charge in [0.05, 0.1) is 12.8 Å². The lowest BCUT2D eigenvalue weighted by molar-refractivity contribution is 0.416. The molecule has 3 rings (SSSR count). The fraction of sp³-hybridized carbons (Fsp3) is 0.238. The largest absolute Gasteiger partial charge is 0.495 e. The predicted molar refractivity (Wildman–Crippen MR) is 106 cm³/mol. The Morgan fingerprint density at radius 2 is 1.65 bits per heavy atom. The zero-order valence-corrected chi connectivity index (χ0v) is 15.6. The van der Waals surface area contributed by atoms with Crippen LogP contribution in [0.25, 0.3) is 0 Å². The summed E-state index contributed by atoms with van der Waals surface area (Å²) in [5.41, 5.74) is 3.24. The van der Waals surface area contributed by atoms with Crippen LogP contribution in [-0.4, -0.2) is 17.1 Å². The van der Waals surface area contributed by atoms with Crippen molar-refractivity contribution >= 4 is 17.3 Å². The number of methoxy groups -OCH3 is 1. The summed E-state index contributed by atoms with van der Waals surface area (Å²) in [5.74, 6) is 2.98. The molecular formula is C21H24N4O. The van der Waals surface area contributed by atoms with Crippen molar-refractivity contribution < 1.29 is 4.74 Å². The van der Waals surface area contributed by atoms with Gasteiger partial charge in [-0.2, -0.15) is 0 Å². The van der Waals surface area contributed by atoms with Crippen LogP contribution in [0.3, 0.4) is 0 Å². The number of ether oxygens (including phenoxy) is 1. The van der Waals surface area contributed by atoms with Gasteiger partial charge in [0.15, 0.2) is 0 Å². The molecule has 0 radical (unpaired) electrons. The van der Waals surface area contributed by atoms with E-state index in [1.807, 2.05) is 56.3 Å². The van der Waals surface area contributed by atoms with E-state index in [2.05, 4.69) is 39.7 Å². The van der Waals surface area contributed by atoms with Gasteiger partial charge in [-0.05, 0) is 44.0 Å². The lowest BCUT2D eigenvalue weighted by atomic mass is 10.1. The highest BCUT2D eigenvalue weighted by molar-refractivity contribution is 5.66. The van der Waals surface area contributed by atoms with Crippen molar-refractivity contribution in [2.45, 2.75) is 26.8 Å². The molecule has 26 heavy (non-hydrogen) atoms.